The number of carboxylic acid groups (broad SMARTS) is 1. The molecule has 0 fully saturated rings. The summed E-state index contributed by atoms with van der Waals surface area (Å²) in [7, 11) is 0. The van der Waals surface area contributed by atoms with E-state index in [-0.39, 0.29) is 5.56 Å². The van der Waals surface area contributed by atoms with Gasteiger partial charge in [0, 0.05) is 11.1 Å². The SMILES string of the molecule is Cc1nc2c(C(=O)O)cccc2c(C)c1C. The zero-order valence-electron chi connectivity index (χ0n) is 9.53. The van der Waals surface area contributed by atoms with Crippen molar-refractivity contribution in [2.45, 2.75) is 20.8 Å². The molecule has 82 valence electrons. The second-order valence-electron chi connectivity index (χ2n) is 3.95. The van der Waals surface area contributed by atoms with Crippen LogP contribution in [0.2, 0.25) is 0 Å². The van der Waals surface area contributed by atoms with E-state index in [0.717, 1.165) is 22.2 Å². The molecule has 0 radical (unpaired) electrons. The third-order valence-corrected chi connectivity index (χ3v) is 3.06. The molecule has 0 atom stereocenters. The molecule has 1 heterocycles. The molecule has 0 aliphatic heterocycles. The van der Waals surface area contributed by atoms with Crippen molar-refractivity contribution in [2.24, 2.45) is 0 Å². The Morgan fingerprint density at radius 2 is 1.88 bits per heavy atom. The number of carboxylic acids is 1. The van der Waals surface area contributed by atoms with Gasteiger partial charge < -0.3 is 5.11 Å². The van der Waals surface area contributed by atoms with Crippen molar-refractivity contribution in [2.75, 3.05) is 0 Å². The van der Waals surface area contributed by atoms with Crippen LogP contribution in [0.4, 0.5) is 0 Å². The molecule has 0 unspecified atom stereocenters. The summed E-state index contributed by atoms with van der Waals surface area (Å²) in [5, 5.41) is 10.0. The minimum Gasteiger partial charge on any atom is -0.478 e. The van der Waals surface area contributed by atoms with Gasteiger partial charge >= 0.3 is 5.97 Å². The van der Waals surface area contributed by atoms with Gasteiger partial charge in [0.1, 0.15) is 0 Å². The van der Waals surface area contributed by atoms with Crippen LogP contribution in [-0.4, -0.2) is 16.1 Å². The van der Waals surface area contributed by atoms with Crippen molar-refractivity contribution in [3.8, 4) is 0 Å². The summed E-state index contributed by atoms with van der Waals surface area (Å²) in [6.07, 6.45) is 0. The van der Waals surface area contributed by atoms with Gasteiger partial charge in [0.2, 0.25) is 0 Å². The monoisotopic (exact) mass is 215 g/mol. The third kappa shape index (κ3) is 1.45. The van der Waals surface area contributed by atoms with Crippen LogP contribution in [0.1, 0.15) is 27.2 Å². The zero-order chi connectivity index (χ0) is 11.9. The lowest BCUT2D eigenvalue weighted by molar-refractivity contribution is 0.0699. The highest BCUT2D eigenvalue weighted by Gasteiger charge is 2.12. The Kier molecular flexibility index (Phi) is 2.38. The van der Waals surface area contributed by atoms with Crippen LogP contribution in [0.5, 0.6) is 0 Å². The third-order valence-electron chi connectivity index (χ3n) is 3.06. The average Bonchev–Trinajstić information content (AvgIpc) is 2.25. The molecule has 3 nitrogen and oxygen atoms in total. The second-order valence-corrected chi connectivity index (χ2v) is 3.95. The predicted octanol–water partition coefficient (Wildman–Crippen LogP) is 2.86. The van der Waals surface area contributed by atoms with Gasteiger partial charge in [-0.25, -0.2) is 4.79 Å². The first kappa shape index (κ1) is 10.6. The van der Waals surface area contributed by atoms with E-state index in [0.29, 0.717) is 5.52 Å². The number of aromatic carboxylic acids is 1. The van der Waals surface area contributed by atoms with Crippen LogP contribution < -0.4 is 0 Å². The Bertz CT molecular complexity index is 588. The highest BCUT2D eigenvalue weighted by atomic mass is 16.4. The van der Waals surface area contributed by atoms with E-state index in [1.807, 2.05) is 26.8 Å². The van der Waals surface area contributed by atoms with E-state index in [4.69, 9.17) is 5.11 Å². The number of carbonyl (C=O) groups is 1. The number of pyridine rings is 1. The molecule has 0 amide bonds. The molecule has 1 aromatic heterocycles. The van der Waals surface area contributed by atoms with Crippen LogP contribution in [-0.2, 0) is 0 Å². The lowest BCUT2D eigenvalue weighted by Gasteiger charge is -2.10. The topological polar surface area (TPSA) is 50.2 Å². The number of para-hydroxylation sites is 1. The quantitative estimate of drug-likeness (QED) is 0.795. The number of fused-ring (bicyclic) bond motifs is 1. The van der Waals surface area contributed by atoms with Gasteiger partial charge in [-0.05, 0) is 38.0 Å². The van der Waals surface area contributed by atoms with Crippen molar-refractivity contribution in [1.82, 2.24) is 4.98 Å². The van der Waals surface area contributed by atoms with Gasteiger partial charge in [-0.3, -0.25) is 4.98 Å². The summed E-state index contributed by atoms with van der Waals surface area (Å²) in [5.74, 6) is -0.930. The molecule has 0 aliphatic carbocycles. The number of rotatable bonds is 1. The van der Waals surface area contributed by atoms with Gasteiger partial charge in [0.05, 0.1) is 11.1 Å². The Hall–Kier alpha value is -1.90. The van der Waals surface area contributed by atoms with Crippen molar-refractivity contribution in [3.05, 3.63) is 40.6 Å². The Balaban J connectivity index is 2.95. The summed E-state index contributed by atoms with van der Waals surface area (Å²) in [6, 6.07) is 5.26. The minimum absolute atomic E-state index is 0.267. The largest absolute Gasteiger partial charge is 0.478 e. The summed E-state index contributed by atoms with van der Waals surface area (Å²) in [4.78, 5) is 15.5. The molecule has 0 saturated heterocycles. The van der Waals surface area contributed by atoms with Gasteiger partial charge in [-0.2, -0.15) is 0 Å². The van der Waals surface area contributed by atoms with Crippen LogP contribution in [0, 0.1) is 20.8 Å². The van der Waals surface area contributed by atoms with Crippen molar-refractivity contribution < 1.29 is 9.90 Å². The van der Waals surface area contributed by atoms with Gasteiger partial charge in [0.15, 0.2) is 0 Å². The van der Waals surface area contributed by atoms with Gasteiger partial charge in [0.25, 0.3) is 0 Å². The predicted molar refractivity (Wildman–Crippen MR) is 62.9 cm³/mol. The number of aromatic nitrogens is 1. The number of aryl methyl sites for hydroxylation is 2. The maximum absolute atomic E-state index is 11.1. The smallest absolute Gasteiger partial charge is 0.337 e. The molecule has 0 bridgehead atoms. The molecule has 0 spiro atoms. The minimum atomic E-state index is -0.930. The molecule has 3 heteroatoms. The van der Waals surface area contributed by atoms with E-state index in [9.17, 15) is 4.79 Å². The standard InChI is InChI=1S/C13H13NO2/c1-7-8(2)10-5-4-6-11(13(15)16)12(10)14-9(7)3/h4-6H,1-3H3,(H,15,16). The van der Waals surface area contributed by atoms with Gasteiger partial charge in [-0.1, -0.05) is 12.1 Å². The normalized spacial score (nSPS) is 10.7. The molecule has 2 rings (SSSR count). The number of hydrogen-bond acceptors (Lipinski definition) is 2. The van der Waals surface area contributed by atoms with E-state index in [1.165, 1.54) is 0 Å². The maximum atomic E-state index is 11.1. The lowest BCUT2D eigenvalue weighted by atomic mass is 10.0. The first-order valence-corrected chi connectivity index (χ1v) is 5.12. The van der Waals surface area contributed by atoms with E-state index >= 15 is 0 Å². The van der Waals surface area contributed by atoms with Crippen molar-refractivity contribution in [3.63, 3.8) is 0 Å². The fourth-order valence-corrected chi connectivity index (χ4v) is 1.86. The second kappa shape index (κ2) is 3.59. The summed E-state index contributed by atoms with van der Waals surface area (Å²) in [5.41, 5.74) is 3.96. The molecule has 0 saturated carbocycles. The van der Waals surface area contributed by atoms with Crippen molar-refractivity contribution >= 4 is 16.9 Å². The maximum Gasteiger partial charge on any atom is 0.337 e. The van der Waals surface area contributed by atoms with Gasteiger partial charge in [-0.15, -0.1) is 0 Å². The summed E-state index contributed by atoms with van der Waals surface area (Å²) < 4.78 is 0. The first-order chi connectivity index (χ1) is 7.52. The van der Waals surface area contributed by atoms with Crippen LogP contribution in [0.25, 0.3) is 10.9 Å². The Morgan fingerprint density at radius 1 is 1.19 bits per heavy atom. The number of hydrogen-bond donors (Lipinski definition) is 1. The number of benzene rings is 1. The molecule has 0 aliphatic rings. The van der Waals surface area contributed by atoms with E-state index < -0.39 is 5.97 Å². The summed E-state index contributed by atoms with van der Waals surface area (Å²) >= 11 is 0. The van der Waals surface area contributed by atoms with Crippen molar-refractivity contribution in [1.29, 1.82) is 0 Å². The molecular formula is C13H13NO2. The molecule has 1 N–H and O–H groups in total. The molecular weight excluding hydrogens is 202 g/mol. The summed E-state index contributed by atoms with van der Waals surface area (Å²) in [6.45, 7) is 5.91. The average molecular weight is 215 g/mol. The molecule has 2 aromatic rings. The Labute approximate surface area is 93.7 Å². The van der Waals surface area contributed by atoms with E-state index in [2.05, 4.69) is 4.98 Å². The van der Waals surface area contributed by atoms with Crippen LogP contribution >= 0.6 is 0 Å². The molecule has 16 heavy (non-hydrogen) atoms. The fraction of sp³-hybridized carbons (Fsp3) is 0.231. The highest BCUT2D eigenvalue weighted by Crippen LogP contribution is 2.24. The van der Waals surface area contributed by atoms with Crippen LogP contribution in [0.15, 0.2) is 18.2 Å². The van der Waals surface area contributed by atoms with Crippen LogP contribution in [0.3, 0.4) is 0 Å². The van der Waals surface area contributed by atoms with E-state index in [1.54, 1.807) is 12.1 Å². The zero-order valence-corrected chi connectivity index (χ0v) is 9.53. The Morgan fingerprint density at radius 3 is 2.50 bits per heavy atom. The molecule has 1 aromatic carbocycles. The highest BCUT2D eigenvalue weighted by molar-refractivity contribution is 6.02. The first-order valence-electron chi connectivity index (χ1n) is 5.12. The fourth-order valence-electron chi connectivity index (χ4n) is 1.86. The lowest BCUT2D eigenvalue weighted by Crippen LogP contribution is -2.02. The number of nitrogens with zero attached hydrogens (tertiary/aromatic N) is 1.